The van der Waals surface area contributed by atoms with Crippen LogP contribution in [0.1, 0.15) is 18.1 Å². The maximum Gasteiger partial charge on any atom is 0.246 e. The number of fused-ring (bicyclic) bond motifs is 1. The number of nitrogens with zero attached hydrogens (tertiary/aromatic N) is 3. The van der Waals surface area contributed by atoms with Gasteiger partial charge in [0.25, 0.3) is 0 Å². The lowest BCUT2D eigenvalue weighted by Gasteiger charge is -2.39. The van der Waals surface area contributed by atoms with Crippen LogP contribution in [-0.4, -0.2) is 46.4 Å². The minimum absolute atomic E-state index is 0.0237. The van der Waals surface area contributed by atoms with Gasteiger partial charge in [-0.2, -0.15) is 0 Å². The summed E-state index contributed by atoms with van der Waals surface area (Å²) in [5.41, 5.74) is 9.48. The van der Waals surface area contributed by atoms with Gasteiger partial charge in [0.05, 0.1) is 5.52 Å². The summed E-state index contributed by atoms with van der Waals surface area (Å²) in [6.07, 6.45) is 5.10. The first-order valence-corrected chi connectivity index (χ1v) is 10.1. The Balaban J connectivity index is 1.39. The number of rotatable bonds is 4. The normalized spacial score (nSPS) is 17.7. The third-order valence-corrected chi connectivity index (χ3v) is 5.53. The molecule has 0 aliphatic carbocycles. The van der Waals surface area contributed by atoms with Gasteiger partial charge in [0.2, 0.25) is 5.91 Å². The number of carbonyl (C=O) groups is 1. The number of hydrogen-bond acceptors (Lipinski definition) is 4. The molecule has 1 aliphatic heterocycles. The van der Waals surface area contributed by atoms with E-state index in [0.717, 1.165) is 41.7 Å². The summed E-state index contributed by atoms with van der Waals surface area (Å²) >= 11 is 0. The summed E-state index contributed by atoms with van der Waals surface area (Å²) in [5.74, 6) is -0.249. The number of benzene rings is 2. The van der Waals surface area contributed by atoms with Crippen LogP contribution in [0.4, 0.5) is 10.1 Å². The molecule has 154 valence electrons. The largest absolute Gasteiger partial charge is 0.398 e. The Morgan fingerprint density at radius 2 is 2.03 bits per heavy atom. The van der Waals surface area contributed by atoms with E-state index in [9.17, 15) is 9.18 Å². The van der Waals surface area contributed by atoms with Gasteiger partial charge in [0, 0.05) is 55.6 Å². The van der Waals surface area contributed by atoms with Crippen LogP contribution in [0.2, 0.25) is 0 Å². The molecule has 1 amide bonds. The van der Waals surface area contributed by atoms with Gasteiger partial charge in [-0.3, -0.25) is 14.7 Å². The lowest BCUT2D eigenvalue weighted by atomic mass is 10.1. The first kappa shape index (κ1) is 20.0. The fourth-order valence-corrected chi connectivity index (χ4v) is 3.91. The zero-order chi connectivity index (χ0) is 21.1. The maximum atomic E-state index is 13.1. The third kappa shape index (κ3) is 4.49. The van der Waals surface area contributed by atoms with E-state index in [2.05, 4.69) is 16.8 Å². The molecule has 2 N–H and O–H groups in total. The van der Waals surface area contributed by atoms with Gasteiger partial charge in [0.15, 0.2) is 0 Å². The smallest absolute Gasteiger partial charge is 0.246 e. The number of hydrogen-bond donors (Lipinski definition) is 1. The van der Waals surface area contributed by atoms with E-state index in [-0.39, 0.29) is 17.8 Å². The number of aromatic nitrogens is 1. The van der Waals surface area contributed by atoms with Crippen molar-refractivity contribution in [2.45, 2.75) is 19.5 Å². The van der Waals surface area contributed by atoms with Gasteiger partial charge in [-0.25, -0.2) is 4.39 Å². The van der Waals surface area contributed by atoms with Crippen molar-refractivity contribution in [2.75, 3.05) is 25.4 Å². The Kier molecular flexibility index (Phi) is 5.77. The molecule has 3 aromatic rings. The molecule has 0 bridgehead atoms. The Morgan fingerprint density at radius 1 is 1.23 bits per heavy atom. The van der Waals surface area contributed by atoms with Crippen LogP contribution in [0.25, 0.3) is 17.0 Å². The molecule has 2 aromatic carbocycles. The van der Waals surface area contributed by atoms with Crippen molar-refractivity contribution in [2.24, 2.45) is 0 Å². The quantitative estimate of drug-likeness (QED) is 0.532. The second-order valence-electron chi connectivity index (χ2n) is 7.75. The van der Waals surface area contributed by atoms with Crippen molar-refractivity contribution in [1.82, 2.24) is 14.8 Å². The monoisotopic (exact) mass is 404 g/mol. The highest BCUT2D eigenvalue weighted by molar-refractivity contribution is 5.94. The molecule has 30 heavy (non-hydrogen) atoms. The predicted molar refractivity (Wildman–Crippen MR) is 118 cm³/mol. The number of pyridine rings is 1. The molecule has 6 heteroatoms. The Labute approximate surface area is 175 Å². The molecule has 1 atom stereocenters. The van der Waals surface area contributed by atoms with E-state index in [4.69, 9.17) is 5.73 Å². The van der Waals surface area contributed by atoms with Crippen LogP contribution < -0.4 is 5.73 Å². The number of anilines is 1. The molecule has 1 fully saturated rings. The summed E-state index contributed by atoms with van der Waals surface area (Å²) in [6.45, 7) is 5.02. The van der Waals surface area contributed by atoms with E-state index in [1.165, 1.54) is 12.1 Å². The molecule has 4 rings (SSSR count). The van der Waals surface area contributed by atoms with Gasteiger partial charge in [-0.15, -0.1) is 0 Å². The highest BCUT2D eigenvalue weighted by atomic mass is 19.1. The lowest BCUT2D eigenvalue weighted by molar-refractivity contribution is -0.130. The van der Waals surface area contributed by atoms with Gasteiger partial charge in [0.1, 0.15) is 5.82 Å². The van der Waals surface area contributed by atoms with Crippen LogP contribution in [0.3, 0.4) is 0 Å². The summed E-state index contributed by atoms with van der Waals surface area (Å²) in [6, 6.07) is 14.3. The first-order valence-electron chi connectivity index (χ1n) is 10.1. The van der Waals surface area contributed by atoms with E-state index in [1.807, 2.05) is 41.3 Å². The van der Waals surface area contributed by atoms with E-state index in [0.29, 0.717) is 12.2 Å². The lowest BCUT2D eigenvalue weighted by Crippen LogP contribution is -2.53. The highest BCUT2D eigenvalue weighted by Gasteiger charge is 2.26. The molecule has 1 saturated heterocycles. The molecule has 0 radical (unpaired) electrons. The second-order valence-corrected chi connectivity index (χ2v) is 7.75. The summed E-state index contributed by atoms with van der Waals surface area (Å²) in [5, 5.41) is 0.976. The molecule has 5 nitrogen and oxygen atoms in total. The Morgan fingerprint density at radius 3 is 2.80 bits per heavy atom. The maximum absolute atomic E-state index is 13.1. The van der Waals surface area contributed by atoms with Crippen molar-refractivity contribution in [1.29, 1.82) is 0 Å². The first-order chi connectivity index (χ1) is 14.5. The minimum Gasteiger partial charge on any atom is -0.398 e. The second kappa shape index (κ2) is 8.63. The Hall–Kier alpha value is -3.25. The number of piperazine rings is 1. The number of amides is 1. The van der Waals surface area contributed by atoms with Crippen LogP contribution in [0, 0.1) is 5.82 Å². The van der Waals surface area contributed by atoms with E-state index >= 15 is 0 Å². The number of carbonyl (C=O) groups excluding carboxylic acids is 1. The van der Waals surface area contributed by atoms with Crippen molar-refractivity contribution < 1.29 is 9.18 Å². The molecular formula is C24H25FN4O. The molecule has 1 aliphatic rings. The molecular weight excluding hydrogens is 379 g/mol. The highest BCUT2D eigenvalue weighted by Crippen LogP contribution is 2.22. The average Bonchev–Trinajstić information content (AvgIpc) is 2.74. The van der Waals surface area contributed by atoms with Crippen molar-refractivity contribution in [3.8, 4) is 0 Å². The predicted octanol–water partition coefficient (Wildman–Crippen LogP) is 3.70. The van der Waals surface area contributed by atoms with Crippen LogP contribution in [0.15, 0.2) is 60.8 Å². The van der Waals surface area contributed by atoms with Crippen molar-refractivity contribution in [3.63, 3.8) is 0 Å². The van der Waals surface area contributed by atoms with Crippen LogP contribution in [0.5, 0.6) is 0 Å². The Bertz CT molecular complexity index is 1080. The standard InChI is InChI=1S/C24H25FN4O/c1-17-15-28(16-18-4-7-21(25)8-5-18)11-12-29(17)24(30)9-6-19-14-23-20(13-22(19)26)3-2-10-27-23/h2-10,13-14,17H,11-12,15-16,26H2,1H3. The van der Waals surface area contributed by atoms with E-state index < -0.39 is 0 Å². The third-order valence-electron chi connectivity index (χ3n) is 5.53. The van der Waals surface area contributed by atoms with Gasteiger partial charge in [-0.1, -0.05) is 18.2 Å². The zero-order valence-corrected chi connectivity index (χ0v) is 17.0. The molecule has 1 aromatic heterocycles. The van der Waals surface area contributed by atoms with E-state index in [1.54, 1.807) is 18.3 Å². The zero-order valence-electron chi connectivity index (χ0n) is 17.0. The van der Waals surface area contributed by atoms with Crippen molar-refractivity contribution >= 4 is 28.6 Å². The summed E-state index contributed by atoms with van der Waals surface area (Å²) in [4.78, 5) is 21.3. The van der Waals surface area contributed by atoms with Crippen molar-refractivity contribution in [3.05, 3.63) is 77.7 Å². The minimum atomic E-state index is -0.225. The SMILES string of the molecule is CC1CN(Cc2ccc(F)cc2)CCN1C(=O)C=Cc1cc2ncccc2cc1N. The fraction of sp³-hybridized carbons (Fsp3) is 0.250. The van der Waals surface area contributed by atoms with Crippen LogP contribution in [-0.2, 0) is 11.3 Å². The molecule has 0 saturated carbocycles. The molecule has 1 unspecified atom stereocenters. The summed E-state index contributed by atoms with van der Waals surface area (Å²) in [7, 11) is 0. The number of nitrogens with two attached hydrogens (primary N) is 1. The average molecular weight is 404 g/mol. The number of halogens is 1. The topological polar surface area (TPSA) is 62.5 Å². The van der Waals surface area contributed by atoms with Crippen LogP contribution >= 0.6 is 0 Å². The fourth-order valence-electron chi connectivity index (χ4n) is 3.91. The number of nitrogen functional groups attached to an aromatic ring is 1. The van der Waals surface area contributed by atoms with Gasteiger partial charge >= 0.3 is 0 Å². The van der Waals surface area contributed by atoms with Gasteiger partial charge < -0.3 is 10.6 Å². The molecule has 0 spiro atoms. The molecule has 2 heterocycles. The van der Waals surface area contributed by atoms with Gasteiger partial charge in [-0.05, 0) is 54.5 Å². The summed E-state index contributed by atoms with van der Waals surface area (Å²) < 4.78 is 13.1.